The lowest BCUT2D eigenvalue weighted by Crippen LogP contribution is -1.98. The molecule has 2 aromatic carbocycles. The SMILES string of the molecule is COc1ccc(CN)cc1.COc1ccc(CNc2nc(Br)ns2)cc1.Clc1nc(Br)ns1.N. The zero-order valence-electron chi connectivity index (χ0n) is 18.4. The van der Waals surface area contributed by atoms with Crippen molar-refractivity contribution in [2.24, 2.45) is 5.73 Å². The van der Waals surface area contributed by atoms with E-state index in [4.69, 9.17) is 26.8 Å². The minimum atomic E-state index is 0. The van der Waals surface area contributed by atoms with Gasteiger partial charge in [-0.25, -0.2) is 0 Å². The number of halogens is 3. The molecule has 6 N–H and O–H groups in total. The largest absolute Gasteiger partial charge is 0.497 e. The van der Waals surface area contributed by atoms with E-state index in [1.165, 1.54) is 17.1 Å². The highest BCUT2D eigenvalue weighted by molar-refractivity contribution is 9.10. The van der Waals surface area contributed by atoms with Gasteiger partial charge in [-0.05, 0) is 90.4 Å². The fourth-order valence-electron chi connectivity index (χ4n) is 2.15. The van der Waals surface area contributed by atoms with Crippen molar-refractivity contribution >= 4 is 71.7 Å². The molecule has 0 unspecified atom stereocenters. The van der Waals surface area contributed by atoms with Gasteiger partial charge in [0, 0.05) is 24.6 Å². The Kier molecular flexibility index (Phi) is 14.8. The highest BCUT2D eigenvalue weighted by Crippen LogP contribution is 2.17. The summed E-state index contributed by atoms with van der Waals surface area (Å²) in [5.74, 6) is 1.74. The van der Waals surface area contributed by atoms with Gasteiger partial charge in [0.1, 0.15) is 11.5 Å². The molecule has 0 bridgehead atoms. The van der Waals surface area contributed by atoms with E-state index < -0.39 is 0 Å². The molecule has 4 aromatic rings. The van der Waals surface area contributed by atoms with E-state index in [-0.39, 0.29) is 6.15 Å². The molecular weight excluding hydrogens is 630 g/mol. The van der Waals surface area contributed by atoms with Gasteiger partial charge in [-0.1, -0.05) is 24.3 Å². The standard InChI is InChI=1S/C10H10BrN3OS.C8H11NO.C2BrClN2S.H3N/c1-15-8-4-2-7(3-5-8)6-12-10-13-9(11)14-16-10;1-10-8-4-2-7(6-9)3-5-8;3-1-5-2(4)7-6-1;/h2-5H,6H2,1H3,(H,12,13,14);2-5H,6,9H2,1H3;;1H3. The van der Waals surface area contributed by atoms with Crippen LogP contribution in [0.3, 0.4) is 0 Å². The van der Waals surface area contributed by atoms with Gasteiger partial charge in [0.15, 0.2) is 0 Å². The normalized spacial score (nSPS) is 9.47. The predicted octanol–water partition coefficient (Wildman–Crippen LogP) is 6.19. The Morgan fingerprint density at radius 2 is 1.35 bits per heavy atom. The molecule has 0 saturated carbocycles. The topological polar surface area (TPSA) is 143 Å². The molecule has 34 heavy (non-hydrogen) atoms. The van der Waals surface area contributed by atoms with Gasteiger partial charge in [0.05, 0.1) is 14.2 Å². The summed E-state index contributed by atoms with van der Waals surface area (Å²) in [6.45, 7) is 1.32. The lowest BCUT2D eigenvalue weighted by molar-refractivity contribution is 0.414. The van der Waals surface area contributed by atoms with Crippen molar-refractivity contribution in [1.29, 1.82) is 0 Å². The van der Waals surface area contributed by atoms with E-state index >= 15 is 0 Å². The fourth-order valence-corrected chi connectivity index (χ4v) is 4.24. The molecule has 2 aromatic heterocycles. The van der Waals surface area contributed by atoms with Crippen molar-refractivity contribution in [3.8, 4) is 11.5 Å². The number of anilines is 1. The first-order valence-corrected chi connectivity index (χ1v) is 12.8. The molecule has 0 saturated heterocycles. The van der Waals surface area contributed by atoms with E-state index in [1.54, 1.807) is 14.2 Å². The van der Waals surface area contributed by atoms with Crippen LogP contribution in [0.15, 0.2) is 58.0 Å². The van der Waals surface area contributed by atoms with E-state index in [1.807, 2.05) is 48.5 Å². The monoisotopic (exact) mass is 651 g/mol. The Morgan fingerprint density at radius 1 is 0.853 bits per heavy atom. The van der Waals surface area contributed by atoms with Crippen molar-refractivity contribution in [3.63, 3.8) is 0 Å². The number of methoxy groups -OCH3 is 2. The Bertz CT molecular complexity index is 1040. The van der Waals surface area contributed by atoms with Gasteiger partial charge in [0.25, 0.3) is 0 Å². The zero-order chi connectivity index (χ0) is 24.1. The van der Waals surface area contributed by atoms with E-state index in [2.05, 4.69) is 55.9 Å². The van der Waals surface area contributed by atoms with Crippen molar-refractivity contribution < 1.29 is 9.47 Å². The highest BCUT2D eigenvalue weighted by atomic mass is 79.9. The smallest absolute Gasteiger partial charge is 0.210 e. The van der Waals surface area contributed by atoms with Crippen LogP contribution in [-0.2, 0) is 13.1 Å². The molecule has 9 nitrogen and oxygen atoms in total. The molecular formula is C20H24Br2ClN7O2S2. The molecule has 0 atom stereocenters. The first-order chi connectivity index (χ1) is 15.9. The second-order valence-corrected chi connectivity index (χ2v) is 9.44. The number of nitrogens with two attached hydrogens (primary N) is 1. The first kappa shape index (κ1) is 30.2. The van der Waals surface area contributed by atoms with Crippen LogP contribution in [-0.4, -0.2) is 32.9 Å². The minimum absolute atomic E-state index is 0. The number of aromatic nitrogens is 4. The summed E-state index contributed by atoms with van der Waals surface area (Å²) in [4.78, 5) is 7.85. The average Bonchev–Trinajstić information content (AvgIpc) is 3.45. The van der Waals surface area contributed by atoms with E-state index in [0.717, 1.165) is 40.3 Å². The number of ether oxygens (including phenoxy) is 2. The molecule has 0 spiro atoms. The van der Waals surface area contributed by atoms with Gasteiger partial charge < -0.3 is 26.7 Å². The molecule has 0 aliphatic carbocycles. The van der Waals surface area contributed by atoms with Crippen LogP contribution in [0.4, 0.5) is 5.13 Å². The fraction of sp³-hybridized carbons (Fsp3) is 0.200. The van der Waals surface area contributed by atoms with E-state index in [0.29, 0.717) is 20.5 Å². The molecule has 14 heteroatoms. The van der Waals surface area contributed by atoms with Gasteiger partial charge in [-0.2, -0.15) is 18.7 Å². The maximum Gasteiger partial charge on any atom is 0.210 e. The van der Waals surface area contributed by atoms with Crippen LogP contribution in [0.1, 0.15) is 11.1 Å². The summed E-state index contributed by atoms with van der Waals surface area (Å²) in [7, 11) is 3.31. The van der Waals surface area contributed by atoms with Crippen LogP contribution < -0.4 is 26.7 Å². The highest BCUT2D eigenvalue weighted by Gasteiger charge is 2.00. The Hall–Kier alpha value is -1.87. The lowest BCUT2D eigenvalue weighted by Gasteiger charge is -2.03. The molecule has 0 aliphatic rings. The Morgan fingerprint density at radius 3 is 1.71 bits per heavy atom. The lowest BCUT2D eigenvalue weighted by atomic mass is 10.2. The summed E-state index contributed by atoms with van der Waals surface area (Å²) in [6, 6.07) is 15.6. The second-order valence-electron chi connectivity index (χ2n) is 5.94. The number of benzene rings is 2. The molecule has 0 amide bonds. The third-order valence-corrected chi connectivity index (χ3v) is 6.42. The minimum Gasteiger partial charge on any atom is -0.497 e. The zero-order valence-corrected chi connectivity index (χ0v) is 23.9. The Labute approximate surface area is 228 Å². The number of hydrogen-bond acceptors (Lipinski definition) is 11. The van der Waals surface area contributed by atoms with Gasteiger partial charge in [-0.3, -0.25) is 0 Å². The average molecular weight is 654 g/mol. The third kappa shape index (κ3) is 11.5. The summed E-state index contributed by atoms with van der Waals surface area (Å²) in [5, 5.41) is 4.00. The number of rotatable bonds is 6. The van der Waals surface area contributed by atoms with Crippen molar-refractivity contribution in [2.45, 2.75) is 13.1 Å². The van der Waals surface area contributed by atoms with Crippen LogP contribution in [0.2, 0.25) is 4.47 Å². The Balaban J connectivity index is 0.000000275. The van der Waals surface area contributed by atoms with Gasteiger partial charge >= 0.3 is 0 Å². The molecule has 0 radical (unpaired) electrons. The van der Waals surface area contributed by atoms with Crippen LogP contribution >= 0.6 is 66.5 Å². The molecule has 4 rings (SSSR count). The number of nitrogens with zero attached hydrogens (tertiary/aromatic N) is 4. The third-order valence-electron chi connectivity index (χ3n) is 3.78. The molecule has 0 fully saturated rings. The summed E-state index contributed by atoms with van der Waals surface area (Å²) in [5.41, 5.74) is 7.70. The first-order valence-electron chi connectivity index (χ1n) is 9.27. The molecule has 184 valence electrons. The predicted molar refractivity (Wildman–Crippen MR) is 146 cm³/mol. The maximum atomic E-state index is 5.40. The van der Waals surface area contributed by atoms with Crippen LogP contribution in [0.5, 0.6) is 11.5 Å². The van der Waals surface area contributed by atoms with Gasteiger partial charge in [0.2, 0.25) is 19.1 Å². The van der Waals surface area contributed by atoms with Crippen LogP contribution in [0, 0.1) is 0 Å². The summed E-state index contributed by atoms with van der Waals surface area (Å²) in [6.07, 6.45) is 0. The summed E-state index contributed by atoms with van der Waals surface area (Å²) < 4.78 is 19.5. The number of nitrogens with one attached hydrogen (secondary N) is 1. The number of hydrogen-bond donors (Lipinski definition) is 3. The van der Waals surface area contributed by atoms with Crippen molar-refractivity contribution in [2.75, 3.05) is 19.5 Å². The molecule has 0 aliphatic heterocycles. The maximum absolute atomic E-state index is 5.40. The van der Waals surface area contributed by atoms with Crippen LogP contribution in [0.25, 0.3) is 0 Å². The van der Waals surface area contributed by atoms with Crippen molar-refractivity contribution in [1.82, 2.24) is 24.9 Å². The molecule has 2 heterocycles. The van der Waals surface area contributed by atoms with E-state index in [9.17, 15) is 0 Å². The van der Waals surface area contributed by atoms with Gasteiger partial charge in [-0.15, -0.1) is 0 Å². The second kappa shape index (κ2) is 16.7. The van der Waals surface area contributed by atoms with Crippen molar-refractivity contribution in [3.05, 3.63) is 73.6 Å². The quantitative estimate of drug-likeness (QED) is 0.222. The summed E-state index contributed by atoms with van der Waals surface area (Å²) >= 11 is 14.1.